The van der Waals surface area contributed by atoms with E-state index in [1.165, 1.54) is 28.7 Å². The normalized spacial score (nSPS) is 15.8. The molecule has 0 spiro atoms. The van der Waals surface area contributed by atoms with E-state index in [0.29, 0.717) is 6.61 Å². The van der Waals surface area contributed by atoms with Crippen LogP contribution in [0.25, 0.3) is 0 Å². The summed E-state index contributed by atoms with van der Waals surface area (Å²) in [5, 5.41) is 0. The lowest BCUT2D eigenvalue weighted by atomic mass is 9.95. The minimum Gasteiger partial charge on any atom is -0.475 e. The van der Waals surface area contributed by atoms with Crippen molar-refractivity contribution in [3.8, 4) is 0 Å². The standard InChI is InChI=1S/C23H29NO/c1-5-7-18-11-13-21(22-24-23(3,4)16-25-22)20(15-18)12-10-19-9-6-8-17(2)14-19/h6,8-9,11,13-15H,5,7,10,12,16H2,1-4H3. The highest BCUT2D eigenvalue weighted by Gasteiger charge is 2.28. The maximum Gasteiger partial charge on any atom is 0.217 e. The van der Waals surface area contributed by atoms with Crippen molar-refractivity contribution in [3.05, 3.63) is 70.3 Å². The summed E-state index contributed by atoms with van der Waals surface area (Å²) in [6.45, 7) is 9.29. The van der Waals surface area contributed by atoms with Gasteiger partial charge in [0.15, 0.2) is 0 Å². The predicted octanol–water partition coefficient (Wildman–Crippen LogP) is 5.29. The maximum atomic E-state index is 5.92. The maximum absolute atomic E-state index is 5.92. The van der Waals surface area contributed by atoms with Crippen LogP contribution in [0.1, 0.15) is 55.0 Å². The third-order valence-electron chi connectivity index (χ3n) is 4.67. The number of aryl methyl sites for hydroxylation is 4. The molecule has 2 aromatic carbocycles. The largest absolute Gasteiger partial charge is 0.475 e. The fraction of sp³-hybridized carbons (Fsp3) is 0.435. The Morgan fingerprint density at radius 1 is 1.00 bits per heavy atom. The first-order valence-corrected chi connectivity index (χ1v) is 9.37. The van der Waals surface area contributed by atoms with E-state index in [2.05, 4.69) is 70.2 Å². The summed E-state index contributed by atoms with van der Waals surface area (Å²) in [4.78, 5) is 4.79. The van der Waals surface area contributed by atoms with Gasteiger partial charge in [0.2, 0.25) is 5.90 Å². The van der Waals surface area contributed by atoms with Crippen molar-refractivity contribution in [3.63, 3.8) is 0 Å². The highest BCUT2D eigenvalue weighted by atomic mass is 16.5. The fourth-order valence-electron chi connectivity index (χ4n) is 3.38. The molecule has 2 nitrogen and oxygen atoms in total. The first kappa shape index (κ1) is 17.7. The van der Waals surface area contributed by atoms with Crippen LogP contribution in [0.4, 0.5) is 0 Å². The van der Waals surface area contributed by atoms with Gasteiger partial charge < -0.3 is 4.74 Å². The molecular formula is C23H29NO. The molecule has 0 bridgehead atoms. The van der Waals surface area contributed by atoms with Gasteiger partial charge in [-0.2, -0.15) is 0 Å². The lowest BCUT2D eigenvalue weighted by molar-refractivity contribution is 0.279. The van der Waals surface area contributed by atoms with Crippen molar-refractivity contribution in [2.45, 2.75) is 58.9 Å². The van der Waals surface area contributed by atoms with E-state index in [1.54, 1.807) is 0 Å². The van der Waals surface area contributed by atoms with E-state index in [0.717, 1.165) is 30.7 Å². The van der Waals surface area contributed by atoms with Crippen LogP contribution in [-0.4, -0.2) is 18.0 Å². The van der Waals surface area contributed by atoms with E-state index < -0.39 is 0 Å². The average Bonchev–Trinajstić information content (AvgIpc) is 2.93. The highest BCUT2D eigenvalue weighted by molar-refractivity contribution is 5.97. The Labute approximate surface area is 152 Å². The van der Waals surface area contributed by atoms with Gasteiger partial charge in [-0.3, -0.25) is 0 Å². The van der Waals surface area contributed by atoms with Gasteiger partial charge in [0.1, 0.15) is 6.61 Å². The first-order valence-electron chi connectivity index (χ1n) is 9.37. The van der Waals surface area contributed by atoms with Gasteiger partial charge >= 0.3 is 0 Å². The summed E-state index contributed by atoms with van der Waals surface area (Å²) < 4.78 is 5.92. The Hall–Kier alpha value is -2.09. The monoisotopic (exact) mass is 335 g/mol. The predicted molar refractivity (Wildman–Crippen MR) is 106 cm³/mol. The van der Waals surface area contributed by atoms with Crippen molar-refractivity contribution >= 4 is 5.90 Å². The van der Waals surface area contributed by atoms with Crippen LogP contribution in [0.5, 0.6) is 0 Å². The van der Waals surface area contributed by atoms with Gasteiger partial charge in [-0.05, 0) is 62.8 Å². The fourth-order valence-corrected chi connectivity index (χ4v) is 3.38. The van der Waals surface area contributed by atoms with Gasteiger partial charge in [-0.25, -0.2) is 4.99 Å². The van der Waals surface area contributed by atoms with E-state index >= 15 is 0 Å². The third-order valence-corrected chi connectivity index (χ3v) is 4.67. The first-order chi connectivity index (χ1) is 12.0. The Kier molecular flexibility index (Phi) is 5.27. The van der Waals surface area contributed by atoms with Crippen LogP contribution in [0, 0.1) is 6.92 Å². The molecule has 0 radical (unpaired) electrons. The van der Waals surface area contributed by atoms with E-state index in [9.17, 15) is 0 Å². The van der Waals surface area contributed by atoms with Gasteiger partial charge in [-0.15, -0.1) is 0 Å². The molecule has 1 aliphatic rings. The van der Waals surface area contributed by atoms with E-state index in [1.807, 2.05) is 0 Å². The SMILES string of the molecule is CCCc1ccc(C2=NC(C)(C)CO2)c(CCc2cccc(C)c2)c1. The number of hydrogen-bond donors (Lipinski definition) is 0. The molecule has 2 heteroatoms. The summed E-state index contributed by atoms with van der Waals surface area (Å²) in [7, 11) is 0. The molecule has 0 fully saturated rings. The zero-order chi connectivity index (χ0) is 17.9. The van der Waals surface area contributed by atoms with Gasteiger partial charge in [0, 0.05) is 5.56 Å². The molecule has 0 aliphatic carbocycles. The minimum atomic E-state index is -0.120. The number of hydrogen-bond acceptors (Lipinski definition) is 2. The van der Waals surface area contributed by atoms with Crippen LogP contribution in [0.2, 0.25) is 0 Å². The topological polar surface area (TPSA) is 21.6 Å². The second kappa shape index (κ2) is 7.43. The molecule has 3 rings (SSSR count). The Balaban J connectivity index is 1.88. The summed E-state index contributed by atoms with van der Waals surface area (Å²) in [6, 6.07) is 15.6. The lowest BCUT2D eigenvalue weighted by Crippen LogP contribution is -2.17. The van der Waals surface area contributed by atoms with Crippen LogP contribution in [-0.2, 0) is 24.0 Å². The number of benzene rings is 2. The summed E-state index contributed by atoms with van der Waals surface area (Å²) in [5.74, 6) is 0.812. The van der Waals surface area contributed by atoms with Crippen molar-refractivity contribution in [2.24, 2.45) is 4.99 Å². The second-order valence-corrected chi connectivity index (χ2v) is 7.75. The molecule has 0 saturated carbocycles. The Morgan fingerprint density at radius 3 is 2.48 bits per heavy atom. The molecule has 0 aromatic heterocycles. The number of nitrogens with zero attached hydrogens (tertiary/aromatic N) is 1. The van der Waals surface area contributed by atoms with Crippen molar-refractivity contribution in [1.29, 1.82) is 0 Å². The van der Waals surface area contributed by atoms with Gasteiger partial charge in [-0.1, -0.05) is 55.3 Å². The molecule has 0 N–H and O–H groups in total. The minimum absolute atomic E-state index is 0.120. The van der Waals surface area contributed by atoms with Crippen molar-refractivity contribution in [2.75, 3.05) is 6.61 Å². The highest BCUT2D eigenvalue weighted by Crippen LogP contribution is 2.24. The molecule has 132 valence electrons. The van der Waals surface area contributed by atoms with Gasteiger partial charge in [0.05, 0.1) is 5.54 Å². The Morgan fingerprint density at radius 2 is 1.80 bits per heavy atom. The molecule has 2 aromatic rings. The average molecular weight is 335 g/mol. The third kappa shape index (κ3) is 4.50. The summed E-state index contributed by atoms with van der Waals surface area (Å²) in [5.41, 5.74) is 6.51. The summed E-state index contributed by atoms with van der Waals surface area (Å²) >= 11 is 0. The van der Waals surface area contributed by atoms with Crippen LogP contribution in [0.15, 0.2) is 47.5 Å². The van der Waals surface area contributed by atoms with Crippen LogP contribution in [0.3, 0.4) is 0 Å². The molecule has 25 heavy (non-hydrogen) atoms. The Bertz CT molecular complexity index is 773. The quantitative estimate of drug-likeness (QED) is 0.703. The van der Waals surface area contributed by atoms with Crippen LogP contribution >= 0.6 is 0 Å². The van der Waals surface area contributed by atoms with E-state index in [4.69, 9.17) is 9.73 Å². The molecule has 0 amide bonds. The molecule has 1 heterocycles. The molecule has 1 aliphatic heterocycles. The molecular weight excluding hydrogens is 306 g/mol. The lowest BCUT2D eigenvalue weighted by Gasteiger charge is -2.12. The van der Waals surface area contributed by atoms with Crippen molar-refractivity contribution < 1.29 is 4.74 Å². The second-order valence-electron chi connectivity index (χ2n) is 7.75. The number of aliphatic imine (C=N–C) groups is 1. The molecule has 0 atom stereocenters. The molecule has 0 saturated heterocycles. The van der Waals surface area contributed by atoms with E-state index in [-0.39, 0.29) is 5.54 Å². The summed E-state index contributed by atoms with van der Waals surface area (Å²) in [6.07, 6.45) is 4.35. The number of ether oxygens (including phenoxy) is 1. The zero-order valence-corrected chi connectivity index (χ0v) is 15.9. The number of rotatable bonds is 6. The molecule has 0 unspecified atom stereocenters. The smallest absolute Gasteiger partial charge is 0.217 e. The van der Waals surface area contributed by atoms with Crippen molar-refractivity contribution in [1.82, 2.24) is 0 Å². The van der Waals surface area contributed by atoms with Crippen LogP contribution < -0.4 is 0 Å². The zero-order valence-electron chi connectivity index (χ0n) is 15.9. The van der Waals surface area contributed by atoms with Gasteiger partial charge in [0.25, 0.3) is 0 Å².